The number of nitro benzene ring substituents is 2. The number of nitro groups is 2. The van der Waals surface area contributed by atoms with Gasteiger partial charge in [0.2, 0.25) is 5.75 Å². The molecule has 11 heteroatoms. The third-order valence-electron chi connectivity index (χ3n) is 4.35. The molecule has 0 aliphatic rings. The standard InChI is InChI=1S/C23H16N4O7/c28-21(14-9-16-5-2-1-3-6-16)34-22-18(7-4-8-20(22)27(32)33)15-24-25-23(29)17-10-12-19(13-11-17)26(30)31/h1-15H,(H,25,29)/b14-9+,24-15+. The quantitative estimate of drug-likeness (QED) is 0.134. The fourth-order valence-electron chi connectivity index (χ4n) is 2.72. The number of non-ortho nitro benzene ring substituents is 1. The van der Waals surface area contributed by atoms with Crippen LogP contribution in [0.2, 0.25) is 0 Å². The molecule has 0 atom stereocenters. The van der Waals surface area contributed by atoms with E-state index in [9.17, 15) is 29.8 Å². The van der Waals surface area contributed by atoms with Gasteiger partial charge in [-0.2, -0.15) is 5.10 Å². The van der Waals surface area contributed by atoms with Gasteiger partial charge in [0.05, 0.1) is 16.1 Å². The highest BCUT2D eigenvalue weighted by Gasteiger charge is 2.20. The second-order valence-electron chi connectivity index (χ2n) is 6.62. The second-order valence-corrected chi connectivity index (χ2v) is 6.62. The van der Waals surface area contributed by atoms with Crippen LogP contribution in [-0.2, 0) is 4.79 Å². The Kier molecular flexibility index (Phi) is 7.53. The summed E-state index contributed by atoms with van der Waals surface area (Å²) in [6.45, 7) is 0. The number of benzene rings is 3. The molecule has 0 aromatic heterocycles. The van der Waals surface area contributed by atoms with Gasteiger partial charge < -0.3 is 4.74 Å². The summed E-state index contributed by atoms with van der Waals surface area (Å²) in [5.41, 5.74) is 2.48. The maximum Gasteiger partial charge on any atom is 0.336 e. The zero-order valence-electron chi connectivity index (χ0n) is 17.4. The lowest BCUT2D eigenvalue weighted by molar-refractivity contribution is -0.385. The summed E-state index contributed by atoms with van der Waals surface area (Å²) in [4.78, 5) is 45.2. The smallest absolute Gasteiger partial charge is 0.336 e. The van der Waals surface area contributed by atoms with E-state index < -0.39 is 27.4 Å². The van der Waals surface area contributed by atoms with Crippen molar-refractivity contribution in [2.75, 3.05) is 0 Å². The molecule has 34 heavy (non-hydrogen) atoms. The van der Waals surface area contributed by atoms with E-state index in [-0.39, 0.29) is 22.6 Å². The second kappa shape index (κ2) is 10.9. The molecular formula is C23H16N4O7. The molecule has 0 bridgehead atoms. The first-order valence-corrected chi connectivity index (χ1v) is 9.65. The highest BCUT2D eigenvalue weighted by molar-refractivity contribution is 5.96. The Hall–Kier alpha value is -5.19. The first-order chi connectivity index (χ1) is 16.3. The summed E-state index contributed by atoms with van der Waals surface area (Å²) in [7, 11) is 0. The minimum Gasteiger partial charge on any atom is -0.415 e. The minimum absolute atomic E-state index is 0.0691. The maximum atomic E-state index is 12.3. The van der Waals surface area contributed by atoms with Gasteiger partial charge in [0.1, 0.15) is 0 Å². The largest absolute Gasteiger partial charge is 0.415 e. The van der Waals surface area contributed by atoms with Crippen molar-refractivity contribution < 1.29 is 24.2 Å². The van der Waals surface area contributed by atoms with Gasteiger partial charge in [-0.05, 0) is 29.8 Å². The maximum absolute atomic E-state index is 12.3. The molecule has 0 radical (unpaired) electrons. The van der Waals surface area contributed by atoms with Crippen molar-refractivity contribution in [3.8, 4) is 5.75 Å². The van der Waals surface area contributed by atoms with Gasteiger partial charge in [-0.3, -0.25) is 25.0 Å². The average molecular weight is 460 g/mol. The van der Waals surface area contributed by atoms with Crippen molar-refractivity contribution in [2.24, 2.45) is 5.10 Å². The molecule has 0 aliphatic heterocycles. The van der Waals surface area contributed by atoms with Gasteiger partial charge in [0.25, 0.3) is 11.6 Å². The summed E-state index contributed by atoms with van der Waals surface area (Å²) < 4.78 is 5.20. The Morgan fingerprint density at radius 2 is 1.59 bits per heavy atom. The molecule has 0 unspecified atom stereocenters. The summed E-state index contributed by atoms with van der Waals surface area (Å²) in [5, 5.41) is 25.9. The molecule has 170 valence electrons. The third kappa shape index (κ3) is 6.17. The van der Waals surface area contributed by atoms with Crippen LogP contribution in [0.25, 0.3) is 6.08 Å². The Balaban J connectivity index is 1.76. The number of hydrazone groups is 1. The first-order valence-electron chi connectivity index (χ1n) is 9.65. The van der Waals surface area contributed by atoms with Gasteiger partial charge in [-0.25, -0.2) is 10.2 Å². The normalized spacial score (nSPS) is 10.8. The van der Waals surface area contributed by atoms with E-state index in [1.807, 2.05) is 6.07 Å². The van der Waals surface area contributed by atoms with Gasteiger partial charge >= 0.3 is 11.7 Å². The number of nitrogens with one attached hydrogen (secondary N) is 1. The molecule has 1 N–H and O–H groups in total. The minimum atomic E-state index is -0.845. The van der Waals surface area contributed by atoms with E-state index in [2.05, 4.69) is 10.5 Å². The number of ether oxygens (including phenoxy) is 1. The predicted molar refractivity (Wildman–Crippen MR) is 122 cm³/mol. The van der Waals surface area contributed by atoms with Crippen LogP contribution in [0.1, 0.15) is 21.5 Å². The van der Waals surface area contributed by atoms with Crippen molar-refractivity contribution in [1.29, 1.82) is 0 Å². The fraction of sp³-hybridized carbons (Fsp3) is 0. The number of hydrogen-bond donors (Lipinski definition) is 1. The van der Waals surface area contributed by atoms with Crippen molar-refractivity contribution in [3.63, 3.8) is 0 Å². The molecule has 0 saturated heterocycles. The Labute approximate surface area is 192 Å². The van der Waals surface area contributed by atoms with Crippen molar-refractivity contribution in [2.45, 2.75) is 0 Å². The number of hydrogen-bond acceptors (Lipinski definition) is 8. The van der Waals surface area contributed by atoms with Crippen LogP contribution < -0.4 is 10.2 Å². The Morgan fingerprint density at radius 1 is 0.882 bits per heavy atom. The molecular weight excluding hydrogens is 444 g/mol. The van der Waals surface area contributed by atoms with Crippen molar-refractivity contribution in [3.05, 3.63) is 116 Å². The van der Waals surface area contributed by atoms with Crippen LogP contribution in [0.5, 0.6) is 5.75 Å². The Bertz CT molecular complexity index is 1290. The Morgan fingerprint density at radius 3 is 2.24 bits per heavy atom. The average Bonchev–Trinajstić information content (AvgIpc) is 2.84. The molecule has 3 aromatic carbocycles. The number of nitrogens with zero attached hydrogens (tertiary/aromatic N) is 3. The summed E-state index contributed by atoms with van der Waals surface area (Å²) in [6, 6.07) is 17.7. The van der Waals surface area contributed by atoms with Crippen LogP contribution in [-0.4, -0.2) is 27.9 Å². The monoisotopic (exact) mass is 460 g/mol. The number of carbonyl (C=O) groups excluding carboxylic acids is 2. The molecule has 0 fully saturated rings. The van der Waals surface area contributed by atoms with E-state index >= 15 is 0 Å². The SMILES string of the molecule is O=C(/C=C/c1ccccc1)Oc1c(/C=N/NC(=O)c2ccc([N+](=O)[O-])cc2)cccc1[N+](=O)[O-]. The van der Waals surface area contributed by atoms with E-state index in [1.54, 1.807) is 24.3 Å². The molecule has 0 heterocycles. The van der Waals surface area contributed by atoms with Gasteiger partial charge in [0, 0.05) is 35.4 Å². The van der Waals surface area contributed by atoms with Crippen LogP contribution >= 0.6 is 0 Å². The number of para-hydroxylation sites is 1. The first kappa shape index (κ1) is 23.5. The van der Waals surface area contributed by atoms with E-state index in [1.165, 1.54) is 42.5 Å². The lowest BCUT2D eigenvalue weighted by Gasteiger charge is -2.06. The summed E-state index contributed by atoms with van der Waals surface area (Å²) in [6.07, 6.45) is 3.71. The molecule has 3 aromatic rings. The van der Waals surface area contributed by atoms with E-state index in [4.69, 9.17) is 4.74 Å². The zero-order chi connectivity index (χ0) is 24.5. The van der Waals surface area contributed by atoms with E-state index in [0.29, 0.717) is 0 Å². The highest BCUT2D eigenvalue weighted by Crippen LogP contribution is 2.30. The third-order valence-corrected chi connectivity index (χ3v) is 4.35. The van der Waals surface area contributed by atoms with Crippen LogP contribution in [0.15, 0.2) is 84.0 Å². The number of carbonyl (C=O) groups is 2. The predicted octanol–water partition coefficient (Wildman–Crippen LogP) is 3.89. The lowest BCUT2D eigenvalue weighted by atomic mass is 10.2. The molecule has 1 amide bonds. The summed E-state index contributed by atoms with van der Waals surface area (Å²) in [5.74, 6) is -1.85. The molecule has 0 spiro atoms. The van der Waals surface area contributed by atoms with Crippen molar-refractivity contribution in [1.82, 2.24) is 5.43 Å². The van der Waals surface area contributed by atoms with Crippen molar-refractivity contribution >= 4 is 35.5 Å². The van der Waals surface area contributed by atoms with Gasteiger partial charge in [-0.15, -0.1) is 0 Å². The zero-order valence-corrected chi connectivity index (χ0v) is 17.4. The number of amides is 1. The fourth-order valence-corrected chi connectivity index (χ4v) is 2.72. The lowest BCUT2D eigenvalue weighted by Crippen LogP contribution is -2.17. The topological polar surface area (TPSA) is 154 Å². The van der Waals surface area contributed by atoms with Gasteiger partial charge in [0.15, 0.2) is 0 Å². The molecule has 11 nitrogen and oxygen atoms in total. The summed E-state index contributed by atoms with van der Waals surface area (Å²) >= 11 is 0. The number of rotatable bonds is 8. The van der Waals surface area contributed by atoms with E-state index in [0.717, 1.165) is 23.9 Å². The van der Waals surface area contributed by atoms with Gasteiger partial charge in [-0.1, -0.05) is 36.4 Å². The molecule has 0 saturated carbocycles. The molecule has 3 rings (SSSR count). The molecule has 0 aliphatic carbocycles. The number of esters is 1. The van der Waals surface area contributed by atoms with Crippen LogP contribution in [0.3, 0.4) is 0 Å². The highest BCUT2D eigenvalue weighted by atomic mass is 16.6. The van der Waals surface area contributed by atoms with Crippen LogP contribution in [0.4, 0.5) is 11.4 Å². The van der Waals surface area contributed by atoms with Crippen LogP contribution in [0, 0.1) is 20.2 Å².